The van der Waals surface area contributed by atoms with Crippen LogP contribution < -0.4 is 9.64 Å². The monoisotopic (exact) mass is 462 g/mol. The van der Waals surface area contributed by atoms with Gasteiger partial charge in [-0.2, -0.15) is 0 Å². The van der Waals surface area contributed by atoms with Gasteiger partial charge < -0.3 is 14.5 Å². The van der Waals surface area contributed by atoms with E-state index in [2.05, 4.69) is 0 Å². The molecule has 0 aliphatic carbocycles. The predicted molar refractivity (Wildman–Crippen MR) is 127 cm³/mol. The largest absolute Gasteiger partial charge is 0.497 e. The number of methoxy groups -OCH3 is 1. The molecular formula is C26H23FN2O3S. The van der Waals surface area contributed by atoms with Crippen molar-refractivity contribution in [3.63, 3.8) is 0 Å². The van der Waals surface area contributed by atoms with Crippen LogP contribution in [0, 0.1) is 12.7 Å². The Kier molecular flexibility index (Phi) is 5.37. The molecule has 2 heterocycles. The van der Waals surface area contributed by atoms with Crippen molar-refractivity contribution in [2.24, 2.45) is 0 Å². The predicted octanol–water partition coefficient (Wildman–Crippen LogP) is 4.73. The number of hydrogen-bond donors (Lipinski definition) is 0. The number of hydrogen-bond acceptors (Lipinski definition) is 4. The van der Waals surface area contributed by atoms with Crippen LogP contribution in [0.5, 0.6) is 5.75 Å². The molecule has 2 aliphatic heterocycles. The maximum Gasteiger partial charge on any atom is 0.268 e. The fourth-order valence-corrected chi connectivity index (χ4v) is 6.10. The van der Waals surface area contributed by atoms with Gasteiger partial charge in [-0.3, -0.25) is 9.59 Å². The topological polar surface area (TPSA) is 49.9 Å². The average molecular weight is 463 g/mol. The number of benzene rings is 3. The average Bonchev–Trinajstić information content (AvgIpc) is 3.36. The zero-order valence-electron chi connectivity index (χ0n) is 18.4. The molecular weight excluding hydrogens is 439 g/mol. The van der Waals surface area contributed by atoms with Crippen LogP contribution in [0.4, 0.5) is 10.1 Å². The van der Waals surface area contributed by atoms with Crippen molar-refractivity contribution in [1.29, 1.82) is 0 Å². The Morgan fingerprint density at radius 3 is 2.73 bits per heavy atom. The first-order valence-electron chi connectivity index (χ1n) is 10.7. The maximum absolute atomic E-state index is 14.4. The Balaban J connectivity index is 1.59. The van der Waals surface area contributed by atoms with Crippen molar-refractivity contribution in [2.45, 2.75) is 18.3 Å². The molecule has 168 valence electrons. The van der Waals surface area contributed by atoms with E-state index < -0.39 is 10.7 Å². The number of rotatable bonds is 4. The summed E-state index contributed by atoms with van der Waals surface area (Å²) in [5, 5.41) is 0. The van der Waals surface area contributed by atoms with Gasteiger partial charge in [0.25, 0.3) is 11.8 Å². The van der Waals surface area contributed by atoms with Crippen LogP contribution in [0.2, 0.25) is 0 Å². The number of fused-ring (bicyclic) bond motifs is 2. The summed E-state index contributed by atoms with van der Waals surface area (Å²) < 4.78 is 19.7. The standard InChI is InChI=1S/C26H23FN2O3S/c1-17-5-3-6-18(13-17)16-28-23-10-9-20(27)15-22(23)26(25(28)31)29(11-12-33-26)24(30)19-7-4-8-21(14-19)32-2/h3-10,13-15H,11-12,16H2,1-2H3/t26-/m1/s1. The van der Waals surface area contributed by atoms with Crippen LogP contribution in [0.1, 0.15) is 27.0 Å². The molecule has 1 spiro atoms. The summed E-state index contributed by atoms with van der Waals surface area (Å²) in [5.41, 5.74) is 3.67. The second kappa shape index (κ2) is 8.23. The number of halogens is 1. The molecule has 5 rings (SSSR count). The van der Waals surface area contributed by atoms with Crippen molar-refractivity contribution < 1.29 is 18.7 Å². The number of carbonyl (C=O) groups excluding carboxylic acids is 2. The molecule has 33 heavy (non-hydrogen) atoms. The lowest BCUT2D eigenvalue weighted by Crippen LogP contribution is -2.50. The highest BCUT2D eigenvalue weighted by Gasteiger charge is 2.59. The van der Waals surface area contributed by atoms with Gasteiger partial charge in [-0.05, 0) is 48.9 Å². The minimum atomic E-state index is -1.29. The van der Waals surface area contributed by atoms with Crippen LogP contribution in [0.25, 0.3) is 0 Å². The molecule has 1 fully saturated rings. The number of thioether (sulfide) groups is 1. The van der Waals surface area contributed by atoms with E-state index in [4.69, 9.17) is 4.74 Å². The van der Waals surface area contributed by atoms with Gasteiger partial charge in [0.2, 0.25) is 0 Å². The van der Waals surface area contributed by atoms with Crippen molar-refractivity contribution in [2.75, 3.05) is 24.3 Å². The van der Waals surface area contributed by atoms with Gasteiger partial charge in [0.1, 0.15) is 11.6 Å². The highest BCUT2D eigenvalue weighted by molar-refractivity contribution is 8.01. The Morgan fingerprint density at radius 2 is 1.94 bits per heavy atom. The van der Waals surface area contributed by atoms with E-state index in [1.165, 1.54) is 23.9 Å². The third-order valence-corrected chi connectivity index (χ3v) is 7.56. The van der Waals surface area contributed by atoms with E-state index >= 15 is 0 Å². The minimum Gasteiger partial charge on any atom is -0.497 e. The van der Waals surface area contributed by atoms with Gasteiger partial charge in [-0.25, -0.2) is 4.39 Å². The lowest BCUT2D eigenvalue weighted by atomic mass is 10.0. The van der Waals surface area contributed by atoms with E-state index in [1.807, 2.05) is 31.2 Å². The van der Waals surface area contributed by atoms with Gasteiger partial charge in [0.15, 0.2) is 4.87 Å². The number of aryl methyl sites for hydroxylation is 1. The summed E-state index contributed by atoms with van der Waals surface area (Å²) in [6.07, 6.45) is 0. The van der Waals surface area contributed by atoms with Crippen LogP contribution in [-0.4, -0.2) is 36.1 Å². The normalized spacial score (nSPS) is 19.3. The number of amides is 2. The minimum absolute atomic E-state index is 0.219. The molecule has 7 heteroatoms. The molecule has 0 aromatic heterocycles. The number of nitrogens with zero attached hydrogens (tertiary/aromatic N) is 2. The molecule has 1 atom stereocenters. The van der Waals surface area contributed by atoms with Crippen LogP contribution >= 0.6 is 11.8 Å². The Morgan fingerprint density at radius 1 is 1.12 bits per heavy atom. The summed E-state index contributed by atoms with van der Waals surface area (Å²) in [6.45, 7) is 2.74. The van der Waals surface area contributed by atoms with Gasteiger partial charge >= 0.3 is 0 Å². The number of anilines is 1. The van der Waals surface area contributed by atoms with E-state index in [0.29, 0.717) is 41.4 Å². The third kappa shape index (κ3) is 3.47. The molecule has 0 radical (unpaired) electrons. The highest BCUT2D eigenvalue weighted by Crippen LogP contribution is 2.55. The lowest BCUT2D eigenvalue weighted by Gasteiger charge is -2.33. The first-order valence-corrected chi connectivity index (χ1v) is 11.7. The van der Waals surface area contributed by atoms with Gasteiger partial charge in [0.05, 0.1) is 19.3 Å². The summed E-state index contributed by atoms with van der Waals surface area (Å²) in [6, 6.07) is 19.2. The molecule has 0 unspecified atom stereocenters. The quantitative estimate of drug-likeness (QED) is 0.563. The van der Waals surface area contributed by atoms with Gasteiger partial charge in [-0.15, -0.1) is 11.8 Å². The second-order valence-corrected chi connectivity index (χ2v) is 9.51. The van der Waals surface area contributed by atoms with Crippen LogP contribution in [0.15, 0.2) is 66.7 Å². The number of ether oxygens (including phenoxy) is 1. The first kappa shape index (κ1) is 21.5. The van der Waals surface area contributed by atoms with Crippen molar-refractivity contribution in [3.8, 4) is 5.75 Å². The van der Waals surface area contributed by atoms with E-state index in [-0.39, 0.29) is 11.8 Å². The maximum atomic E-state index is 14.4. The Hall–Kier alpha value is -3.32. The SMILES string of the molecule is COc1cccc(C(=O)N2CCS[C@]23C(=O)N(Cc2cccc(C)c2)c2ccc(F)cc23)c1. The van der Waals surface area contributed by atoms with E-state index in [9.17, 15) is 14.0 Å². The molecule has 2 aliphatic rings. The van der Waals surface area contributed by atoms with Gasteiger partial charge in [0, 0.05) is 23.4 Å². The Labute approximate surface area is 196 Å². The summed E-state index contributed by atoms with van der Waals surface area (Å²) in [4.78, 5) is 29.6. The zero-order chi connectivity index (χ0) is 23.2. The molecule has 2 amide bonds. The van der Waals surface area contributed by atoms with E-state index in [0.717, 1.165) is 11.1 Å². The summed E-state index contributed by atoms with van der Waals surface area (Å²) >= 11 is 1.39. The molecule has 0 N–H and O–H groups in total. The van der Waals surface area contributed by atoms with Crippen molar-refractivity contribution in [1.82, 2.24) is 4.90 Å². The molecule has 5 nitrogen and oxygen atoms in total. The zero-order valence-corrected chi connectivity index (χ0v) is 19.2. The molecule has 3 aromatic carbocycles. The second-order valence-electron chi connectivity index (χ2n) is 8.22. The fourth-order valence-electron chi connectivity index (χ4n) is 4.65. The molecule has 0 bridgehead atoms. The Bertz CT molecular complexity index is 1260. The molecule has 0 saturated carbocycles. The number of carbonyl (C=O) groups is 2. The lowest BCUT2D eigenvalue weighted by molar-refractivity contribution is -0.123. The van der Waals surface area contributed by atoms with Crippen LogP contribution in [0.3, 0.4) is 0 Å². The summed E-state index contributed by atoms with van der Waals surface area (Å²) in [7, 11) is 1.54. The van der Waals surface area contributed by atoms with Crippen molar-refractivity contribution in [3.05, 3.63) is 94.8 Å². The van der Waals surface area contributed by atoms with E-state index in [1.54, 1.807) is 47.2 Å². The molecule has 1 saturated heterocycles. The van der Waals surface area contributed by atoms with Crippen molar-refractivity contribution >= 4 is 29.3 Å². The smallest absolute Gasteiger partial charge is 0.268 e. The van der Waals surface area contributed by atoms with Gasteiger partial charge in [-0.1, -0.05) is 35.9 Å². The third-order valence-electron chi connectivity index (χ3n) is 6.14. The first-order chi connectivity index (χ1) is 15.9. The fraction of sp³-hybridized carbons (Fsp3) is 0.231. The molecule has 3 aromatic rings. The van der Waals surface area contributed by atoms with Crippen LogP contribution in [-0.2, 0) is 16.2 Å². The summed E-state index contributed by atoms with van der Waals surface area (Å²) in [5.74, 6) is 0.213. The highest BCUT2D eigenvalue weighted by atomic mass is 32.2.